The summed E-state index contributed by atoms with van der Waals surface area (Å²) in [5, 5.41) is 5.31. The minimum atomic E-state index is -0.219. The highest BCUT2D eigenvalue weighted by atomic mass is 35.5. The summed E-state index contributed by atoms with van der Waals surface area (Å²) < 4.78 is 11.6. The van der Waals surface area contributed by atoms with Crippen LogP contribution < -0.4 is 14.9 Å². The zero-order valence-corrected chi connectivity index (χ0v) is 18.5. The topological polar surface area (TPSA) is 59.9 Å². The number of hydrogen-bond acceptors (Lipinski definition) is 4. The number of carbonyl (C=O) groups excluding carboxylic acids is 1. The van der Waals surface area contributed by atoms with Crippen LogP contribution in [0.5, 0.6) is 11.5 Å². The van der Waals surface area contributed by atoms with Gasteiger partial charge in [0, 0.05) is 15.6 Å². The maximum atomic E-state index is 12.0. The molecule has 0 aliphatic rings. The van der Waals surface area contributed by atoms with E-state index in [1.54, 1.807) is 42.6 Å². The zero-order valence-electron chi connectivity index (χ0n) is 17.0. The first-order valence-corrected chi connectivity index (χ1v) is 10.5. The van der Waals surface area contributed by atoms with Crippen molar-refractivity contribution in [2.45, 2.75) is 20.0 Å². The second kappa shape index (κ2) is 11.4. The van der Waals surface area contributed by atoms with Crippen molar-refractivity contribution in [2.75, 3.05) is 6.61 Å². The molecule has 0 unspecified atom stereocenters. The van der Waals surface area contributed by atoms with Crippen molar-refractivity contribution in [1.82, 2.24) is 5.43 Å². The van der Waals surface area contributed by atoms with E-state index in [1.807, 2.05) is 37.3 Å². The zero-order chi connectivity index (χ0) is 22.1. The van der Waals surface area contributed by atoms with Crippen LogP contribution in [-0.4, -0.2) is 18.7 Å². The second-order valence-electron chi connectivity index (χ2n) is 6.62. The largest absolute Gasteiger partial charge is 0.490 e. The molecule has 7 heteroatoms. The number of hydrogen-bond donors (Lipinski definition) is 1. The molecule has 0 fully saturated rings. The van der Waals surface area contributed by atoms with Gasteiger partial charge < -0.3 is 9.47 Å². The van der Waals surface area contributed by atoms with Gasteiger partial charge in [-0.05, 0) is 54.4 Å². The lowest BCUT2D eigenvalue weighted by Crippen LogP contribution is -2.19. The Hall–Kier alpha value is -3.02. The van der Waals surface area contributed by atoms with E-state index in [1.165, 1.54) is 0 Å². The average Bonchev–Trinajstić information content (AvgIpc) is 2.76. The van der Waals surface area contributed by atoms with Crippen LogP contribution in [0.15, 0.2) is 71.8 Å². The van der Waals surface area contributed by atoms with E-state index < -0.39 is 0 Å². The summed E-state index contributed by atoms with van der Waals surface area (Å²) in [5.74, 6) is 0.972. The maximum absolute atomic E-state index is 12.0. The van der Waals surface area contributed by atoms with Crippen LogP contribution in [0.1, 0.15) is 23.6 Å². The van der Waals surface area contributed by atoms with Crippen molar-refractivity contribution in [3.8, 4) is 11.5 Å². The average molecular weight is 457 g/mol. The molecule has 31 heavy (non-hydrogen) atoms. The van der Waals surface area contributed by atoms with Crippen molar-refractivity contribution < 1.29 is 14.3 Å². The van der Waals surface area contributed by atoms with E-state index in [0.717, 1.165) is 16.7 Å². The molecule has 0 bridgehead atoms. The molecule has 3 aromatic carbocycles. The van der Waals surface area contributed by atoms with Gasteiger partial charge in [0.2, 0.25) is 5.91 Å². The lowest BCUT2D eigenvalue weighted by molar-refractivity contribution is -0.120. The van der Waals surface area contributed by atoms with Crippen LogP contribution in [-0.2, 0) is 17.8 Å². The molecule has 3 rings (SSSR count). The molecule has 0 atom stereocenters. The van der Waals surface area contributed by atoms with Crippen molar-refractivity contribution in [3.63, 3.8) is 0 Å². The van der Waals surface area contributed by atoms with Crippen LogP contribution in [0, 0.1) is 0 Å². The number of ether oxygens (including phenoxy) is 2. The van der Waals surface area contributed by atoms with Gasteiger partial charge in [0.05, 0.1) is 19.2 Å². The number of nitrogens with zero attached hydrogens (tertiary/aromatic N) is 1. The summed E-state index contributed by atoms with van der Waals surface area (Å²) in [6.45, 7) is 2.71. The highest BCUT2D eigenvalue weighted by Gasteiger charge is 2.08. The molecule has 3 aromatic rings. The highest BCUT2D eigenvalue weighted by molar-refractivity contribution is 6.31. The van der Waals surface area contributed by atoms with Gasteiger partial charge in [-0.15, -0.1) is 0 Å². The molecule has 1 amide bonds. The summed E-state index contributed by atoms with van der Waals surface area (Å²) in [5.41, 5.74) is 5.03. The molecule has 0 saturated heterocycles. The Morgan fingerprint density at radius 2 is 1.77 bits per heavy atom. The third kappa shape index (κ3) is 7.02. The third-order valence-electron chi connectivity index (χ3n) is 4.29. The minimum Gasteiger partial charge on any atom is -0.490 e. The van der Waals surface area contributed by atoms with E-state index in [0.29, 0.717) is 34.8 Å². The van der Waals surface area contributed by atoms with E-state index >= 15 is 0 Å². The summed E-state index contributed by atoms with van der Waals surface area (Å²) in [6, 6.07) is 20.1. The SMILES string of the molecule is CCOc1cc(/C=N\NC(=O)Cc2ccc(Cl)cc2)ccc1OCc1ccccc1Cl. The molecule has 5 nitrogen and oxygen atoms in total. The van der Waals surface area contributed by atoms with E-state index in [4.69, 9.17) is 32.7 Å². The normalized spacial score (nSPS) is 10.8. The molecular weight excluding hydrogens is 435 g/mol. The summed E-state index contributed by atoms with van der Waals surface area (Å²) in [7, 11) is 0. The number of hydrazone groups is 1. The highest BCUT2D eigenvalue weighted by Crippen LogP contribution is 2.29. The van der Waals surface area contributed by atoms with Gasteiger partial charge in [-0.1, -0.05) is 53.5 Å². The summed E-state index contributed by atoms with van der Waals surface area (Å²) in [4.78, 5) is 12.0. The number of nitrogens with one attached hydrogen (secondary N) is 1. The summed E-state index contributed by atoms with van der Waals surface area (Å²) >= 11 is 12.0. The molecular formula is C24H22Cl2N2O3. The number of rotatable bonds is 9. The molecule has 0 spiro atoms. The molecule has 160 valence electrons. The Morgan fingerprint density at radius 1 is 1.00 bits per heavy atom. The first kappa shape index (κ1) is 22.7. The van der Waals surface area contributed by atoms with Gasteiger partial charge in [0.15, 0.2) is 11.5 Å². The van der Waals surface area contributed by atoms with Gasteiger partial charge >= 0.3 is 0 Å². The molecule has 0 aliphatic carbocycles. The number of carbonyl (C=O) groups is 1. The number of halogens is 2. The molecule has 0 heterocycles. The smallest absolute Gasteiger partial charge is 0.244 e. The van der Waals surface area contributed by atoms with Gasteiger partial charge in [-0.3, -0.25) is 4.79 Å². The van der Waals surface area contributed by atoms with Crippen molar-refractivity contribution in [3.05, 3.63) is 93.5 Å². The monoisotopic (exact) mass is 456 g/mol. The predicted molar refractivity (Wildman–Crippen MR) is 124 cm³/mol. The van der Waals surface area contributed by atoms with Gasteiger partial charge in [-0.25, -0.2) is 5.43 Å². The van der Waals surface area contributed by atoms with E-state index in [-0.39, 0.29) is 12.3 Å². The molecule has 0 aromatic heterocycles. The maximum Gasteiger partial charge on any atom is 0.244 e. The fraction of sp³-hybridized carbons (Fsp3) is 0.167. The third-order valence-corrected chi connectivity index (χ3v) is 4.91. The fourth-order valence-electron chi connectivity index (χ4n) is 2.77. The van der Waals surface area contributed by atoms with E-state index in [9.17, 15) is 4.79 Å². The first-order chi connectivity index (χ1) is 15.0. The van der Waals surface area contributed by atoms with Crippen LogP contribution in [0.2, 0.25) is 10.0 Å². The van der Waals surface area contributed by atoms with Gasteiger partial charge in [0.25, 0.3) is 0 Å². The quantitative estimate of drug-likeness (QED) is 0.333. The molecule has 1 N–H and O–H groups in total. The lowest BCUT2D eigenvalue weighted by Gasteiger charge is -2.13. The minimum absolute atomic E-state index is 0.216. The van der Waals surface area contributed by atoms with Crippen LogP contribution >= 0.6 is 23.2 Å². The fourth-order valence-corrected chi connectivity index (χ4v) is 3.09. The Labute approximate surface area is 191 Å². The van der Waals surface area contributed by atoms with Crippen molar-refractivity contribution in [1.29, 1.82) is 0 Å². The summed E-state index contributed by atoms with van der Waals surface area (Å²) in [6.07, 6.45) is 1.77. The Kier molecular flexibility index (Phi) is 8.33. The van der Waals surface area contributed by atoms with Gasteiger partial charge in [0.1, 0.15) is 6.61 Å². The van der Waals surface area contributed by atoms with Crippen LogP contribution in [0.4, 0.5) is 0 Å². The standard InChI is InChI=1S/C24H22Cl2N2O3/c1-2-30-23-13-18(9-12-22(23)31-16-19-5-3-4-6-21(19)26)15-27-28-24(29)14-17-7-10-20(25)11-8-17/h3-13,15H,2,14,16H2,1H3,(H,28,29)/b27-15-. The number of benzene rings is 3. The molecule has 0 saturated carbocycles. The number of amides is 1. The van der Waals surface area contributed by atoms with E-state index in [2.05, 4.69) is 10.5 Å². The van der Waals surface area contributed by atoms with Gasteiger partial charge in [-0.2, -0.15) is 5.10 Å². The Balaban J connectivity index is 1.60. The van der Waals surface area contributed by atoms with Crippen LogP contribution in [0.3, 0.4) is 0 Å². The first-order valence-electron chi connectivity index (χ1n) is 9.74. The lowest BCUT2D eigenvalue weighted by atomic mass is 10.1. The predicted octanol–water partition coefficient (Wildman–Crippen LogP) is 5.66. The Bertz CT molecular complexity index is 1050. The molecule has 0 aliphatic heterocycles. The van der Waals surface area contributed by atoms with Crippen molar-refractivity contribution in [2.24, 2.45) is 5.10 Å². The molecule has 0 radical (unpaired) electrons. The van der Waals surface area contributed by atoms with Crippen molar-refractivity contribution >= 4 is 35.3 Å². The Morgan fingerprint density at radius 3 is 2.52 bits per heavy atom. The second-order valence-corrected chi connectivity index (χ2v) is 7.46. The van der Waals surface area contributed by atoms with Crippen LogP contribution in [0.25, 0.3) is 0 Å².